The Morgan fingerprint density at radius 2 is 2.04 bits per heavy atom. The number of nitrogens with one attached hydrogen (secondary N) is 1. The van der Waals surface area contributed by atoms with E-state index in [1.807, 2.05) is 13.0 Å². The van der Waals surface area contributed by atoms with Gasteiger partial charge in [-0.1, -0.05) is 22.8 Å². The number of halogens is 2. The molecule has 23 heavy (non-hydrogen) atoms. The van der Waals surface area contributed by atoms with Crippen LogP contribution in [-0.2, 0) is 0 Å². The van der Waals surface area contributed by atoms with E-state index < -0.39 is 0 Å². The molecule has 0 amide bonds. The topological polar surface area (TPSA) is 41.3 Å². The molecular formula is C17H21Cl2N3O. The molecule has 1 aliphatic carbocycles. The van der Waals surface area contributed by atoms with Crippen molar-refractivity contribution >= 4 is 40.8 Å². The smallest absolute Gasteiger partial charge is 0.187 e. The fourth-order valence-electron chi connectivity index (χ4n) is 4.64. The van der Waals surface area contributed by atoms with E-state index in [0.29, 0.717) is 22.2 Å². The Kier molecular flexibility index (Phi) is 3.56. The minimum atomic E-state index is 0. The highest BCUT2D eigenvalue weighted by Gasteiger charge is 2.60. The van der Waals surface area contributed by atoms with E-state index in [2.05, 4.69) is 21.4 Å². The lowest BCUT2D eigenvalue weighted by molar-refractivity contribution is 0.0202. The van der Waals surface area contributed by atoms with Gasteiger partial charge in [0.25, 0.3) is 0 Å². The van der Waals surface area contributed by atoms with E-state index in [9.17, 15) is 0 Å². The first-order valence-electron chi connectivity index (χ1n) is 8.25. The van der Waals surface area contributed by atoms with Gasteiger partial charge >= 0.3 is 0 Å². The molecule has 1 atom stereocenters. The third-order valence-electron chi connectivity index (χ3n) is 6.05. The van der Waals surface area contributed by atoms with Gasteiger partial charge in [0.2, 0.25) is 0 Å². The number of hydrogen-bond acceptors (Lipinski definition) is 4. The molecule has 2 aromatic rings. The van der Waals surface area contributed by atoms with Crippen LogP contribution in [0.25, 0.3) is 11.0 Å². The Bertz CT molecular complexity index is 748. The molecule has 3 aliphatic heterocycles. The van der Waals surface area contributed by atoms with Crippen molar-refractivity contribution in [1.29, 1.82) is 0 Å². The molecule has 1 saturated carbocycles. The Balaban J connectivity index is 0.00000135. The average molecular weight is 354 g/mol. The van der Waals surface area contributed by atoms with E-state index in [1.54, 1.807) is 0 Å². The minimum absolute atomic E-state index is 0. The van der Waals surface area contributed by atoms with Gasteiger partial charge in [-0.05, 0) is 63.2 Å². The minimum Gasteiger partial charge on any atom is -0.362 e. The Labute approximate surface area is 146 Å². The van der Waals surface area contributed by atoms with Gasteiger partial charge < -0.3 is 9.84 Å². The van der Waals surface area contributed by atoms with Gasteiger partial charge in [0.1, 0.15) is 0 Å². The zero-order valence-electron chi connectivity index (χ0n) is 13.1. The van der Waals surface area contributed by atoms with Gasteiger partial charge in [-0.2, -0.15) is 0 Å². The predicted octanol–water partition coefficient (Wildman–Crippen LogP) is 4.25. The molecular weight excluding hydrogens is 333 g/mol. The molecule has 1 aromatic carbocycles. The molecule has 124 valence electrons. The molecule has 3 saturated heterocycles. The van der Waals surface area contributed by atoms with Gasteiger partial charge in [0, 0.05) is 11.6 Å². The van der Waals surface area contributed by atoms with E-state index in [4.69, 9.17) is 16.1 Å². The number of aryl methyl sites for hydroxylation is 1. The highest BCUT2D eigenvalue weighted by molar-refractivity contribution is 6.35. The maximum atomic E-state index is 6.34. The molecule has 0 unspecified atom stereocenters. The first kappa shape index (κ1) is 15.6. The van der Waals surface area contributed by atoms with Crippen LogP contribution in [0, 0.1) is 12.8 Å². The maximum Gasteiger partial charge on any atom is 0.187 e. The SMILES string of the molecule is Cc1ccc2c(N[C@@H]3C4CCN(CC4)C34CC4)noc2c1Cl.Cl. The average Bonchev–Trinajstić information content (AvgIpc) is 3.21. The molecule has 0 radical (unpaired) electrons. The molecule has 6 rings (SSSR count). The van der Waals surface area contributed by atoms with Crippen LogP contribution in [-0.4, -0.2) is 34.7 Å². The first-order valence-corrected chi connectivity index (χ1v) is 8.63. The number of rotatable bonds is 2. The van der Waals surface area contributed by atoms with Gasteiger partial charge in [-0.25, -0.2) is 0 Å². The second-order valence-corrected chi connectivity index (χ2v) is 7.53. The van der Waals surface area contributed by atoms with E-state index in [-0.39, 0.29) is 12.4 Å². The van der Waals surface area contributed by atoms with E-state index in [0.717, 1.165) is 22.7 Å². The lowest BCUT2D eigenvalue weighted by Gasteiger charge is -2.52. The van der Waals surface area contributed by atoms with Crippen LogP contribution in [0.2, 0.25) is 5.02 Å². The number of fused-ring (bicyclic) bond motifs is 3. The quantitative estimate of drug-likeness (QED) is 0.875. The summed E-state index contributed by atoms with van der Waals surface area (Å²) in [6.07, 6.45) is 5.23. The Hall–Kier alpha value is -0.970. The molecule has 4 aliphatic rings. The molecule has 1 N–H and O–H groups in total. The van der Waals surface area contributed by atoms with Crippen molar-refractivity contribution in [2.75, 3.05) is 18.4 Å². The van der Waals surface area contributed by atoms with Crippen molar-refractivity contribution in [3.05, 3.63) is 22.7 Å². The number of anilines is 1. The summed E-state index contributed by atoms with van der Waals surface area (Å²) in [7, 11) is 0. The number of nitrogens with zero attached hydrogens (tertiary/aromatic N) is 2. The summed E-state index contributed by atoms with van der Waals surface area (Å²) >= 11 is 6.34. The number of benzene rings is 1. The van der Waals surface area contributed by atoms with Crippen molar-refractivity contribution in [3.63, 3.8) is 0 Å². The van der Waals surface area contributed by atoms with Crippen LogP contribution in [0.5, 0.6) is 0 Å². The van der Waals surface area contributed by atoms with Crippen LogP contribution in [0.4, 0.5) is 5.82 Å². The predicted molar refractivity (Wildman–Crippen MR) is 94.7 cm³/mol. The van der Waals surface area contributed by atoms with Gasteiger partial charge in [0.05, 0.1) is 10.4 Å². The van der Waals surface area contributed by atoms with Gasteiger partial charge in [-0.15, -0.1) is 12.4 Å². The van der Waals surface area contributed by atoms with Crippen LogP contribution in [0.3, 0.4) is 0 Å². The molecule has 1 aromatic heterocycles. The fraction of sp³-hybridized carbons (Fsp3) is 0.588. The third kappa shape index (κ3) is 2.11. The molecule has 4 heterocycles. The van der Waals surface area contributed by atoms with Crippen molar-refractivity contribution in [1.82, 2.24) is 10.1 Å². The fourth-order valence-corrected chi connectivity index (χ4v) is 4.84. The lowest BCUT2D eigenvalue weighted by atomic mass is 9.77. The van der Waals surface area contributed by atoms with Crippen molar-refractivity contribution in [2.45, 2.75) is 44.2 Å². The largest absolute Gasteiger partial charge is 0.362 e. The standard InChI is InChI=1S/C17H20ClN3O.ClH/c1-10-2-3-12-14(13(10)18)22-20-16(12)19-15-11-4-8-21(9-5-11)17(15)6-7-17;/h2-3,11,15H,4-9H2,1H3,(H,19,20);1H/t15-;/m1./s1. The number of hydrogen-bond donors (Lipinski definition) is 1. The summed E-state index contributed by atoms with van der Waals surface area (Å²) in [4.78, 5) is 2.70. The number of aromatic nitrogens is 1. The van der Waals surface area contributed by atoms with Crippen LogP contribution < -0.4 is 5.32 Å². The molecule has 6 heteroatoms. The van der Waals surface area contributed by atoms with Crippen molar-refractivity contribution in [3.8, 4) is 0 Å². The van der Waals surface area contributed by atoms with E-state index >= 15 is 0 Å². The lowest BCUT2D eigenvalue weighted by Crippen LogP contribution is -2.62. The van der Waals surface area contributed by atoms with Gasteiger partial charge in [0.15, 0.2) is 11.4 Å². The first-order chi connectivity index (χ1) is 10.7. The maximum absolute atomic E-state index is 6.34. The summed E-state index contributed by atoms with van der Waals surface area (Å²) in [5.41, 5.74) is 2.12. The summed E-state index contributed by atoms with van der Waals surface area (Å²) in [6, 6.07) is 4.61. The van der Waals surface area contributed by atoms with E-state index in [1.165, 1.54) is 38.8 Å². The second kappa shape index (κ2) is 5.27. The Morgan fingerprint density at radius 3 is 2.74 bits per heavy atom. The van der Waals surface area contributed by atoms with Gasteiger partial charge in [-0.3, -0.25) is 4.90 Å². The summed E-state index contributed by atoms with van der Waals surface area (Å²) in [5.74, 6) is 1.63. The molecule has 2 bridgehead atoms. The van der Waals surface area contributed by atoms with Crippen molar-refractivity contribution < 1.29 is 4.52 Å². The Morgan fingerprint density at radius 1 is 1.30 bits per heavy atom. The summed E-state index contributed by atoms with van der Waals surface area (Å²) in [5, 5.41) is 9.69. The van der Waals surface area contributed by atoms with Crippen molar-refractivity contribution in [2.24, 2.45) is 5.92 Å². The normalized spacial score (nSPS) is 30.4. The third-order valence-corrected chi connectivity index (χ3v) is 6.52. The van der Waals surface area contributed by atoms with Crippen LogP contribution >= 0.6 is 24.0 Å². The van der Waals surface area contributed by atoms with Crippen LogP contribution in [0.15, 0.2) is 16.7 Å². The second-order valence-electron chi connectivity index (χ2n) is 7.15. The highest BCUT2D eigenvalue weighted by atomic mass is 35.5. The highest BCUT2D eigenvalue weighted by Crippen LogP contribution is 2.54. The summed E-state index contributed by atoms with van der Waals surface area (Å²) in [6.45, 7) is 4.53. The monoisotopic (exact) mass is 353 g/mol. The zero-order chi connectivity index (χ0) is 14.9. The zero-order valence-corrected chi connectivity index (χ0v) is 14.7. The molecule has 4 nitrogen and oxygen atoms in total. The number of piperidine rings is 3. The summed E-state index contributed by atoms with van der Waals surface area (Å²) < 4.78 is 5.51. The molecule has 1 spiro atoms. The van der Waals surface area contributed by atoms with Crippen LogP contribution in [0.1, 0.15) is 31.2 Å². The molecule has 4 fully saturated rings.